The number of sulfonamides is 1. The van der Waals surface area contributed by atoms with Crippen molar-refractivity contribution in [1.82, 2.24) is 9.97 Å². The zero-order chi connectivity index (χ0) is 19.2. The molecule has 0 N–H and O–H groups in total. The molecule has 6 nitrogen and oxygen atoms in total. The van der Waals surface area contributed by atoms with Crippen molar-refractivity contribution in [2.24, 2.45) is 0 Å². The molecule has 0 fully saturated rings. The Kier molecular flexibility index (Phi) is 4.44. The molecule has 140 valence electrons. The fourth-order valence-corrected chi connectivity index (χ4v) is 4.79. The lowest BCUT2D eigenvalue weighted by Gasteiger charge is -2.25. The summed E-state index contributed by atoms with van der Waals surface area (Å²) in [5, 5.41) is 0.374. The van der Waals surface area contributed by atoms with Gasteiger partial charge >= 0.3 is 0 Å². The van der Waals surface area contributed by atoms with Gasteiger partial charge < -0.3 is 4.90 Å². The van der Waals surface area contributed by atoms with Crippen molar-refractivity contribution < 1.29 is 8.42 Å². The second-order valence-corrected chi connectivity index (χ2v) is 8.84. The summed E-state index contributed by atoms with van der Waals surface area (Å²) in [5.74, 6) is 0.947. The van der Waals surface area contributed by atoms with E-state index < -0.39 is 10.0 Å². The maximum absolute atomic E-state index is 13.3. The van der Waals surface area contributed by atoms with Crippen LogP contribution in [0.5, 0.6) is 0 Å². The van der Waals surface area contributed by atoms with E-state index in [0.717, 1.165) is 11.9 Å². The van der Waals surface area contributed by atoms with Gasteiger partial charge in [-0.1, -0.05) is 36.7 Å². The predicted molar refractivity (Wildman–Crippen MR) is 108 cm³/mol. The van der Waals surface area contributed by atoms with Gasteiger partial charge in [0.25, 0.3) is 10.0 Å². The standard InChI is InChI=1S/C19H19ClN4O2S/c1-3-13(2)23-12-24(27(25,26)15-8-6-7-14(20)11-15)19-18(23)21-16-9-4-5-10-17(16)22-19/h4-11,13H,3,12H2,1-2H3/t13-/m0/s1. The van der Waals surface area contributed by atoms with Crippen molar-refractivity contribution in [3.05, 3.63) is 53.6 Å². The second-order valence-electron chi connectivity index (χ2n) is 6.54. The maximum Gasteiger partial charge on any atom is 0.267 e. The van der Waals surface area contributed by atoms with Crippen LogP contribution in [0.1, 0.15) is 20.3 Å². The average molecular weight is 403 g/mol. The van der Waals surface area contributed by atoms with Crippen LogP contribution in [0.15, 0.2) is 53.4 Å². The number of nitrogens with zero attached hydrogens (tertiary/aromatic N) is 4. The van der Waals surface area contributed by atoms with E-state index in [1.165, 1.54) is 10.4 Å². The Hall–Kier alpha value is -2.38. The first kappa shape index (κ1) is 18.0. The average Bonchev–Trinajstić information content (AvgIpc) is 3.04. The molecule has 0 saturated heterocycles. The largest absolute Gasteiger partial charge is 0.332 e. The maximum atomic E-state index is 13.3. The van der Waals surface area contributed by atoms with E-state index in [4.69, 9.17) is 16.6 Å². The summed E-state index contributed by atoms with van der Waals surface area (Å²) in [6, 6.07) is 13.9. The zero-order valence-electron chi connectivity index (χ0n) is 15.0. The van der Waals surface area contributed by atoms with E-state index in [-0.39, 0.29) is 17.6 Å². The molecule has 0 bridgehead atoms. The molecule has 1 aromatic heterocycles. The Morgan fingerprint density at radius 3 is 2.37 bits per heavy atom. The molecule has 2 aromatic carbocycles. The third-order valence-corrected chi connectivity index (χ3v) is 6.78. The van der Waals surface area contributed by atoms with Crippen LogP contribution in [-0.4, -0.2) is 31.1 Å². The van der Waals surface area contributed by atoms with Crippen LogP contribution in [0.3, 0.4) is 0 Å². The number of benzene rings is 2. The van der Waals surface area contributed by atoms with E-state index in [9.17, 15) is 8.42 Å². The van der Waals surface area contributed by atoms with Crippen molar-refractivity contribution in [3.63, 3.8) is 0 Å². The molecule has 0 saturated carbocycles. The molecule has 0 aliphatic carbocycles. The number of fused-ring (bicyclic) bond motifs is 2. The minimum atomic E-state index is -3.81. The summed E-state index contributed by atoms with van der Waals surface area (Å²) in [4.78, 5) is 11.5. The highest BCUT2D eigenvalue weighted by Crippen LogP contribution is 2.39. The first-order chi connectivity index (χ1) is 12.9. The fraction of sp³-hybridized carbons (Fsp3) is 0.263. The Labute approximate surface area is 163 Å². The van der Waals surface area contributed by atoms with Crippen molar-refractivity contribution in [2.75, 3.05) is 15.9 Å². The number of hydrogen-bond acceptors (Lipinski definition) is 5. The molecular formula is C19H19ClN4O2S. The summed E-state index contributed by atoms with van der Waals surface area (Å²) in [6.45, 7) is 4.29. The van der Waals surface area contributed by atoms with Gasteiger partial charge in [0.15, 0.2) is 11.6 Å². The van der Waals surface area contributed by atoms with Crippen LogP contribution in [0, 0.1) is 0 Å². The first-order valence-corrected chi connectivity index (χ1v) is 10.6. The highest BCUT2D eigenvalue weighted by atomic mass is 35.5. The van der Waals surface area contributed by atoms with Gasteiger partial charge in [-0.2, -0.15) is 0 Å². The number of halogens is 1. The lowest BCUT2D eigenvalue weighted by Crippen LogP contribution is -2.39. The summed E-state index contributed by atoms with van der Waals surface area (Å²) in [7, 11) is -3.81. The summed E-state index contributed by atoms with van der Waals surface area (Å²) in [5.41, 5.74) is 1.40. The van der Waals surface area contributed by atoms with Gasteiger partial charge in [-0.05, 0) is 43.7 Å². The van der Waals surface area contributed by atoms with Gasteiger partial charge in [-0.3, -0.25) is 0 Å². The Balaban J connectivity index is 1.90. The molecule has 8 heteroatoms. The third-order valence-electron chi connectivity index (χ3n) is 4.83. The van der Waals surface area contributed by atoms with Gasteiger partial charge in [0.2, 0.25) is 0 Å². The molecule has 0 spiro atoms. The Bertz CT molecular complexity index is 1120. The van der Waals surface area contributed by atoms with Crippen molar-refractivity contribution in [2.45, 2.75) is 31.2 Å². The quantitative estimate of drug-likeness (QED) is 0.658. The fourth-order valence-electron chi connectivity index (χ4n) is 3.13. The van der Waals surface area contributed by atoms with Crippen molar-refractivity contribution in [1.29, 1.82) is 0 Å². The molecule has 0 unspecified atom stereocenters. The molecule has 4 rings (SSSR count). The lowest BCUT2D eigenvalue weighted by atomic mass is 10.2. The smallest absolute Gasteiger partial charge is 0.267 e. The molecule has 1 aliphatic heterocycles. The number of anilines is 2. The topological polar surface area (TPSA) is 66.4 Å². The molecule has 1 atom stereocenters. The molecular weight excluding hydrogens is 384 g/mol. The highest BCUT2D eigenvalue weighted by Gasteiger charge is 2.39. The first-order valence-electron chi connectivity index (χ1n) is 8.73. The van der Waals surface area contributed by atoms with E-state index in [1.807, 2.05) is 29.2 Å². The molecule has 2 heterocycles. The Morgan fingerprint density at radius 2 is 1.74 bits per heavy atom. The van der Waals surface area contributed by atoms with Gasteiger partial charge in [0.05, 0.1) is 15.9 Å². The van der Waals surface area contributed by atoms with Gasteiger partial charge in [-0.15, -0.1) is 0 Å². The minimum absolute atomic E-state index is 0.124. The van der Waals surface area contributed by atoms with Crippen LogP contribution in [0.25, 0.3) is 11.0 Å². The van der Waals surface area contributed by atoms with Crippen LogP contribution < -0.4 is 9.21 Å². The predicted octanol–water partition coefficient (Wildman–Crippen LogP) is 4.05. The van der Waals surface area contributed by atoms with Gasteiger partial charge in [0.1, 0.15) is 6.67 Å². The van der Waals surface area contributed by atoms with Gasteiger partial charge in [-0.25, -0.2) is 22.7 Å². The van der Waals surface area contributed by atoms with E-state index in [0.29, 0.717) is 22.2 Å². The van der Waals surface area contributed by atoms with E-state index in [1.54, 1.807) is 18.2 Å². The molecule has 27 heavy (non-hydrogen) atoms. The monoisotopic (exact) mass is 402 g/mol. The van der Waals surface area contributed by atoms with Crippen LogP contribution >= 0.6 is 11.6 Å². The van der Waals surface area contributed by atoms with Crippen molar-refractivity contribution >= 4 is 44.3 Å². The van der Waals surface area contributed by atoms with E-state index in [2.05, 4.69) is 18.8 Å². The van der Waals surface area contributed by atoms with Gasteiger partial charge in [0, 0.05) is 11.1 Å². The second kappa shape index (κ2) is 6.65. The highest BCUT2D eigenvalue weighted by molar-refractivity contribution is 7.92. The number of para-hydroxylation sites is 2. The minimum Gasteiger partial charge on any atom is -0.332 e. The molecule has 1 aliphatic rings. The van der Waals surface area contributed by atoms with Crippen LogP contribution in [0.2, 0.25) is 5.02 Å². The molecule has 0 amide bonds. The third kappa shape index (κ3) is 3.00. The van der Waals surface area contributed by atoms with E-state index >= 15 is 0 Å². The molecule has 0 radical (unpaired) electrons. The summed E-state index contributed by atoms with van der Waals surface area (Å²) < 4.78 is 27.9. The van der Waals surface area contributed by atoms with Crippen LogP contribution in [0.4, 0.5) is 11.6 Å². The number of rotatable bonds is 4. The SMILES string of the molecule is CC[C@H](C)N1CN(S(=O)(=O)c2cccc(Cl)c2)c2nc3ccccc3nc21. The summed E-state index contributed by atoms with van der Waals surface area (Å²) >= 11 is 6.02. The summed E-state index contributed by atoms with van der Waals surface area (Å²) in [6.07, 6.45) is 0.860. The van der Waals surface area contributed by atoms with Crippen LogP contribution in [-0.2, 0) is 10.0 Å². The normalized spacial score (nSPS) is 15.2. The number of hydrogen-bond donors (Lipinski definition) is 0. The molecule has 3 aromatic rings. The Morgan fingerprint density at radius 1 is 1.07 bits per heavy atom. The zero-order valence-corrected chi connectivity index (χ0v) is 16.6. The lowest BCUT2D eigenvalue weighted by molar-refractivity contribution is 0.584. The van der Waals surface area contributed by atoms with Crippen molar-refractivity contribution in [3.8, 4) is 0 Å². The number of aromatic nitrogens is 2.